The van der Waals surface area contributed by atoms with E-state index in [1.54, 1.807) is 29.5 Å². The number of nitro benzene ring substituents is 1. The number of carbonyl (C=O) groups is 1. The lowest BCUT2D eigenvalue weighted by Gasteiger charge is -2.08. The van der Waals surface area contributed by atoms with Crippen molar-refractivity contribution in [3.63, 3.8) is 0 Å². The minimum Gasteiger partial charge on any atom is -0.378 e. The van der Waals surface area contributed by atoms with E-state index in [0.29, 0.717) is 30.4 Å². The van der Waals surface area contributed by atoms with E-state index in [0.717, 1.165) is 35.0 Å². The third-order valence-electron chi connectivity index (χ3n) is 4.96. The minimum absolute atomic E-state index is 0.00110. The molecule has 1 aromatic carbocycles. The van der Waals surface area contributed by atoms with Crippen LogP contribution >= 0.6 is 23.1 Å². The number of aromatic amines is 1. The predicted octanol–water partition coefficient (Wildman–Crippen LogP) is 2.84. The minimum atomic E-state index is -0.447. The summed E-state index contributed by atoms with van der Waals surface area (Å²) in [5.41, 5.74) is 1.48. The number of nitrogens with one attached hydrogen (secondary N) is 3. The van der Waals surface area contributed by atoms with E-state index in [9.17, 15) is 19.7 Å². The average molecular weight is 460 g/mol. The molecule has 0 saturated heterocycles. The summed E-state index contributed by atoms with van der Waals surface area (Å²) in [6.45, 7) is 0.711. The first-order valence-electron chi connectivity index (χ1n) is 9.88. The standard InChI is InChI=1S/C20H21N5O4S2/c26-17(22-9-8-21-13-5-1-2-6-14(13)25(28)29)11-30-10-16-23-19(27)18-12-4-3-7-15(12)31-20(18)24-16/h1-2,5-6,21H,3-4,7-11H2,(H,22,26)(H,23,24,27). The number of amides is 1. The SMILES string of the molecule is O=C(CSCc1nc2sc3c(c2c(=O)[nH]1)CCC3)NCCNc1ccccc1[N+](=O)[O-]. The molecule has 3 N–H and O–H groups in total. The number of aromatic nitrogens is 2. The molecule has 1 amide bonds. The lowest BCUT2D eigenvalue weighted by Crippen LogP contribution is -2.30. The van der Waals surface area contributed by atoms with E-state index in [1.807, 2.05) is 0 Å². The number of thiophene rings is 1. The fraction of sp³-hybridized carbons (Fsp3) is 0.350. The van der Waals surface area contributed by atoms with Gasteiger partial charge >= 0.3 is 0 Å². The Morgan fingerprint density at radius 3 is 2.97 bits per heavy atom. The van der Waals surface area contributed by atoms with Crippen molar-refractivity contribution in [2.75, 3.05) is 24.2 Å². The number of benzene rings is 1. The molecule has 0 radical (unpaired) electrons. The molecule has 0 fully saturated rings. The summed E-state index contributed by atoms with van der Waals surface area (Å²) < 4.78 is 0. The van der Waals surface area contributed by atoms with Crippen LogP contribution in [-0.2, 0) is 23.4 Å². The summed E-state index contributed by atoms with van der Waals surface area (Å²) in [5, 5.41) is 17.5. The summed E-state index contributed by atoms with van der Waals surface area (Å²) in [6.07, 6.45) is 3.06. The third-order valence-corrected chi connectivity index (χ3v) is 7.09. The maximum atomic E-state index is 12.4. The van der Waals surface area contributed by atoms with Gasteiger partial charge in [-0.2, -0.15) is 0 Å². The normalized spacial score (nSPS) is 12.6. The highest BCUT2D eigenvalue weighted by molar-refractivity contribution is 7.99. The highest BCUT2D eigenvalue weighted by Gasteiger charge is 2.21. The fourth-order valence-corrected chi connectivity index (χ4v) is 5.59. The number of hydrogen-bond donors (Lipinski definition) is 3. The van der Waals surface area contributed by atoms with Crippen molar-refractivity contribution in [3.05, 3.63) is 61.0 Å². The summed E-state index contributed by atoms with van der Waals surface area (Å²) in [6, 6.07) is 6.37. The molecule has 2 heterocycles. The Morgan fingerprint density at radius 2 is 2.13 bits per heavy atom. The van der Waals surface area contributed by atoms with E-state index < -0.39 is 4.92 Å². The van der Waals surface area contributed by atoms with Gasteiger partial charge in [-0.05, 0) is 30.9 Å². The molecule has 162 valence electrons. The van der Waals surface area contributed by atoms with Crippen LogP contribution in [0.25, 0.3) is 10.2 Å². The van der Waals surface area contributed by atoms with Gasteiger partial charge in [-0.25, -0.2) is 4.98 Å². The number of hydrogen-bond acceptors (Lipinski definition) is 8. The first kappa shape index (κ1) is 21.3. The molecule has 0 bridgehead atoms. The van der Waals surface area contributed by atoms with E-state index in [1.165, 1.54) is 22.7 Å². The van der Waals surface area contributed by atoms with Crippen LogP contribution in [0, 0.1) is 10.1 Å². The third kappa shape index (κ3) is 4.88. The van der Waals surface area contributed by atoms with Crippen molar-refractivity contribution in [2.45, 2.75) is 25.0 Å². The molecule has 0 aliphatic heterocycles. The number of H-pyrrole nitrogens is 1. The van der Waals surface area contributed by atoms with E-state index in [4.69, 9.17) is 0 Å². The summed E-state index contributed by atoms with van der Waals surface area (Å²) in [7, 11) is 0. The number of thioether (sulfide) groups is 1. The summed E-state index contributed by atoms with van der Waals surface area (Å²) in [4.78, 5) is 44.5. The molecule has 0 unspecified atom stereocenters. The quantitative estimate of drug-likeness (QED) is 0.255. The second-order valence-electron chi connectivity index (χ2n) is 7.09. The monoisotopic (exact) mass is 459 g/mol. The van der Waals surface area contributed by atoms with Crippen molar-refractivity contribution < 1.29 is 9.72 Å². The lowest BCUT2D eigenvalue weighted by atomic mass is 10.2. The Labute approximate surface area is 185 Å². The van der Waals surface area contributed by atoms with Gasteiger partial charge < -0.3 is 15.6 Å². The Hall–Kier alpha value is -2.92. The first-order chi connectivity index (χ1) is 15.0. The number of para-hydroxylation sites is 2. The number of aryl methyl sites for hydroxylation is 2. The number of nitrogens with zero attached hydrogens (tertiary/aromatic N) is 2. The largest absolute Gasteiger partial charge is 0.378 e. The van der Waals surface area contributed by atoms with Gasteiger partial charge in [-0.1, -0.05) is 12.1 Å². The van der Waals surface area contributed by atoms with Crippen LogP contribution in [0.3, 0.4) is 0 Å². The maximum Gasteiger partial charge on any atom is 0.292 e. The molecule has 2 aromatic heterocycles. The highest BCUT2D eigenvalue weighted by Crippen LogP contribution is 2.34. The van der Waals surface area contributed by atoms with Crippen LogP contribution in [-0.4, -0.2) is 39.6 Å². The Balaban J connectivity index is 1.22. The smallest absolute Gasteiger partial charge is 0.292 e. The average Bonchev–Trinajstić information content (AvgIpc) is 3.32. The van der Waals surface area contributed by atoms with Gasteiger partial charge in [0, 0.05) is 24.0 Å². The Kier molecular flexibility index (Phi) is 6.52. The maximum absolute atomic E-state index is 12.4. The van der Waals surface area contributed by atoms with Gasteiger partial charge in [-0.3, -0.25) is 19.7 Å². The van der Waals surface area contributed by atoms with Gasteiger partial charge in [0.2, 0.25) is 5.91 Å². The molecule has 3 aromatic rings. The van der Waals surface area contributed by atoms with Gasteiger partial charge in [-0.15, -0.1) is 23.1 Å². The van der Waals surface area contributed by atoms with E-state index in [2.05, 4.69) is 20.6 Å². The van der Waals surface area contributed by atoms with E-state index >= 15 is 0 Å². The molecule has 4 rings (SSSR count). The van der Waals surface area contributed by atoms with Crippen LogP contribution in [0.4, 0.5) is 11.4 Å². The molecule has 0 saturated carbocycles. The first-order valence-corrected chi connectivity index (χ1v) is 11.8. The predicted molar refractivity (Wildman–Crippen MR) is 123 cm³/mol. The zero-order chi connectivity index (χ0) is 21.8. The second kappa shape index (κ2) is 9.48. The van der Waals surface area contributed by atoms with Gasteiger partial charge in [0.15, 0.2) is 0 Å². The number of fused-ring (bicyclic) bond motifs is 3. The highest BCUT2D eigenvalue weighted by atomic mass is 32.2. The molecule has 1 aliphatic carbocycles. The lowest BCUT2D eigenvalue weighted by molar-refractivity contribution is -0.384. The second-order valence-corrected chi connectivity index (χ2v) is 9.16. The molecular weight excluding hydrogens is 438 g/mol. The van der Waals surface area contributed by atoms with Crippen LogP contribution < -0.4 is 16.2 Å². The Morgan fingerprint density at radius 1 is 1.29 bits per heavy atom. The number of carbonyl (C=O) groups excluding carboxylic acids is 1. The van der Waals surface area contributed by atoms with Crippen molar-refractivity contribution in [1.82, 2.24) is 15.3 Å². The van der Waals surface area contributed by atoms with Crippen LogP contribution in [0.2, 0.25) is 0 Å². The fourth-order valence-electron chi connectivity index (χ4n) is 3.59. The Bertz CT molecular complexity index is 1190. The van der Waals surface area contributed by atoms with Crippen molar-refractivity contribution in [1.29, 1.82) is 0 Å². The van der Waals surface area contributed by atoms with Crippen LogP contribution in [0.1, 0.15) is 22.7 Å². The van der Waals surface area contributed by atoms with Gasteiger partial charge in [0.25, 0.3) is 11.2 Å². The van der Waals surface area contributed by atoms with Gasteiger partial charge in [0.05, 0.1) is 21.8 Å². The van der Waals surface area contributed by atoms with Crippen LogP contribution in [0.15, 0.2) is 29.1 Å². The summed E-state index contributed by atoms with van der Waals surface area (Å²) >= 11 is 2.97. The van der Waals surface area contributed by atoms with Crippen molar-refractivity contribution in [3.8, 4) is 0 Å². The number of rotatable bonds is 9. The molecule has 0 spiro atoms. The summed E-state index contributed by atoms with van der Waals surface area (Å²) in [5.74, 6) is 1.10. The molecule has 11 heteroatoms. The molecule has 0 atom stereocenters. The molecule has 9 nitrogen and oxygen atoms in total. The van der Waals surface area contributed by atoms with E-state index in [-0.39, 0.29) is 22.9 Å². The number of anilines is 1. The zero-order valence-electron chi connectivity index (χ0n) is 16.6. The molecule has 31 heavy (non-hydrogen) atoms. The topological polar surface area (TPSA) is 130 Å². The molecule has 1 aliphatic rings. The van der Waals surface area contributed by atoms with Crippen molar-refractivity contribution >= 4 is 50.6 Å². The van der Waals surface area contributed by atoms with Crippen LogP contribution in [0.5, 0.6) is 0 Å². The zero-order valence-corrected chi connectivity index (χ0v) is 18.2. The number of nitro groups is 1. The van der Waals surface area contributed by atoms with Gasteiger partial charge in [0.1, 0.15) is 16.3 Å². The van der Waals surface area contributed by atoms with Crippen molar-refractivity contribution in [2.24, 2.45) is 0 Å². The molecular formula is C20H21N5O4S2.